The lowest BCUT2D eigenvalue weighted by atomic mass is 10.2. The molecule has 0 saturated carbocycles. The summed E-state index contributed by atoms with van der Waals surface area (Å²) in [4.78, 5) is 10.4. The van der Waals surface area contributed by atoms with Crippen LogP contribution < -0.4 is 11.1 Å². The first-order chi connectivity index (χ1) is 5.09. The maximum absolute atomic E-state index is 10.4. The van der Waals surface area contributed by atoms with Crippen molar-refractivity contribution in [2.24, 2.45) is 5.73 Å². The van der Waals surface area contributed by atoms with Crippen molar-refractivity contribution in [2.45, 2.75) is 19.1 Å². The Morgan fingerprint density at radius 1 is 1.73 bits per heavy atom. The summed E-state index contributed by atoms with van der Waals surface area (Å²) in [5.74, 6) is -1.06. The number of aliphatic hydroxyl groups is 1. The molecular formula is C6H14N2O3. The van der Waals surface area contributed by atoms with Gasteiger partial charge in [-0.2, -0.15) is 0 Å². The fourth-order valence-electron chi connectivity index (χ4n) is 0.703. The average molecular weight is 162 g/mol. The Balaban J connectivity index is 3.80. The molecule has 0 aromatic carbocycles. The van der Waals surface area contributed by atoms with E-state index in [1.54, 1.807) is 0 Å². The van der Waals surface area contributed by atoms with Crippen LogP contribution in [0.1, 0.15) is 6.92 Å². The number of rotatable bonds is 5. The normalized spacial score (nSPS) is 15.9. The minimum absolute atomic E-state index is 0.358. The van der Waals surface area contributed by atoms with Crippen LogP contribution in [-0.4, -0.2) is 41.4 Å². The summed E-state index contributed by atoms with van der Waals surface area (Å²) in [6, 6.07) is -0.918. The third kappa shape index (κ3) is 3.92. The Bertz CT molecular complexity index is 127. The van der Waals surface area contributed by atoms with Gasteiger partial charge in [0, 0.05) is 13.1 Å². The zero-order chi connectivity index (χ0) is 8.85. The van der Waals surface area contributed by atoms with Gasteiger partial charge in [0.15, 0.2) is 0 Å². The highest BCUT2D eigenvalue weighted by Gasteiger charge is 2.21. The van der Waals surface area contributed by atoms with E-state index in [1.165, 1.54) is 6.92 Å². The molecule has 0 aromatic heterocycles. The molecule has 0 aliphatic heterocycles. The summed E-state index contributed by atoms with van der Waals surface area (Å²) in [7, 11) is 0. The Kier molecular flexibility index (Phi) is 4.76. The zero-order valence-corrected chi connectivity index (χ0v) is 6.45. The van der Waals surface area contributed by atoms with Crippen LogP contribution in [0.4, 0.5) is 0 Å². The van der Waals surface area contributed by atoms with Gasteiger partial charge in [0.25, 0.3) is 0 Å². The van der Waals surface area contributed by atoms with E-state index in [2.05, 4.69) is 5.32 Å². The number of carbonyl (C=O) groups is 1. The molecule has 0 rings (SSSR count). The summed E-state index contributed by atoms with van der Waals surface area (Å²) in [5.41, 5.74) is 5.14. The summed E-state index contributed by atoms with van der Waals surface area (Å²) in [6.07, 6.45) is -0.904. The molecule has 0 saturated heterocycles. The van der Waals surface area contributed by atoms with Gasteiger partial charge in [-0.05, 0) is 6.92 Å². The minimum atomic E-state index is -1.06. The summed E-state index contributed by atoms with van der Waals surface area (Å²) >= 11 is 0. The quantitative estimate of drug-likeness (QED) is 0.389. The van der Waals surface area contributed by atoms with Gasteiger partial charge in [0.1, 0.15) is 6.04 Å². The lowest BCUT2D eigenvalue weighted by Gasteiger charge is -2.15. The topological polar surface area (TPSA) is 95.6 Å². The molecule has 2 unspecified atom stereocenters. The molecular weight excluding hydrogens is 148 g/mol. The lowest BCUT2D eigenvalue weighted by molar-refractivity contribution is -0.142. The Labute approximate surface area is 65.2 Å². The zero-order valence-electron chi connectivity index (χ0n) is 6.45. The van der Waals surface area contributed by atoms with Gasteiger partial charge in [0.2, 0.25) is 0 Å². The van der Waals surface area contributed by atoms with E-state index < -0.39 is 18.1 Å². The molecule has 0 radical (unpaired) electrons. The van der Waals surface area contributed by atoms with Crippen molar-refractivity contribution in [3.05, 3.63) is 0 Å². The van der Waals surface area contributed by atoms with Crippen molar-refractivity contribution < 1.29 is 15.0 Å². The van der Waals surface area contributed by atoms with E-state index in [4.69, 9.17) is 15.9 Å². The predicted octanol–water partition coefficient (Wildman–Crippen LogP) is -1.63. The molecule has 5 nitrogen and oxygen atoms in total. The highest BCUT2D eigenvalue weighted by molar-refractivity contribution is 5.74. The number of carboxylic acids is 1. The summed E-state index contributed by atoms with van der Waals surface area (Å²) in [6.45, 7) is 2.17. The molecule has 0 aliphatic rings. The molecule has 0 spiro atoms. The van der Waals surface area contributed by atoms with E-state index in [-0.39, 0.29) is 0 Å². The number of carboxylic acid groups (broad SMARTS) is 1. The third-order valence-electron chi connectivity index (χ3n) is 1.26. The summed E-state index contributed by atoms with van der Waals surface area (Å²) < 4.78 is 0. The standard InChI is InChI=1S/C6H14N2O3/c1-4(9)5(6(10)11)8-3-2-7/h4-5,8-9H,2-3,7H2,1H3,(H,10,11). The Morgan fingerprint density at radius 3 is 2.55 bits per heavy atom. The van der Waals surface area contributed by atoms with Crippen LogP contribution in [0.15, 0.2) is 0 Å². The van der Waals surface area contributed by atoms with E-state index in [0.717, 1.165) is 0 Å². The number of aliphatic hydroxyl groups excluding tert-OH is 1. The van der Waals surface area contributed by atoms with Gasteiger partial charge in [-0.25, -0.2) is 0 Å². The molecule has 66 valence electrons. The van der Waals surface area contributed by atoms with Gasteiger partial charge in [-0.15, -0.1) is 0 Å². The maximum atomic E-state index is 10.4. The third-order valence-corrected chi connectivity index (χ3v) is 1.26. The first-order valence-electron chi connectivity index (χ1n) is 3.44. The molecule has 0 bridgehead atoms. The number of hydrogen-bond donors (Lipinski definition) is 4. The lowest BCUT2D eigenvalue weighted by Crippen LogP contribution is -2.46. The van der Waals surface area contributed by atoms with Gasteiger partial charge < -0.3 is 21.3 Å². The SMILES string of the molecule is CC(O)C(NCCN)C(=O)O. The monoisotopic (exact) mass is 162 g/mol. The molecule has 5 N–H and O–H groups in total. The Morgan fingerprint density at radius 2 is 2.27 bits per heavy atom. The molecule has 5 heteroatoms. The number of aliphatic carboxylic acids is 1. The van der Waals surface area contributed by atoms with Crippen molar-refractivity contribution in [2.75, 3.05) is 13.1 Å². The van der Waals surface area contributed by atoms with E-state index in [0.29, 0.717) is 13.1 Å². The molecule has 0 aromatic rings. The molecule has 0 heterocycles. The van der Waals surface area contributed by atoms with Gasteiger partial charge in [-0.3, -0.25) is 4.79 Å². The first-order valence-corrected chi connectivity index (χ1v) is 3.44. The fraction of sp³-hybridized carbons (Fsp3) is 0.833. The molecule has 11 heavy (non-hydrogen) atoms. The number of nitrogens with two attached hydrogens (primary N) is 1. The molecule has 0 aliphatic carbocycles. The smallest absolute Gasteiger partial charge is 0.323 e. The van der Waals surface area contributed by atoms with Crippen LogP contribution in [0.5, 0.6) is 0 Å². The number of hydrogen-bond acceptors (Lipinski definition) is 4. The van der Waals surface area contributed by atoms with Crippen LogP contribution in [-0.2, 0) is 4.79 Å². The van der Waals surface area contributed by atoms with Crippen LogP contribution in [0.3, 0.4) is 0 Å². The second-order valence-corrected chi connectivity index (χ2v) is 2.30. The highest BCUT2D eigenvalue weighted by Crippen LogP contribution is 1.91. The maximum Gasteiger partial charge on any atom is 0.323 e. The van der Waals surface area contributed by atoms with Crippen molar-refractivity contribution in [1.29, 1.82) is 0 Å². The average Bonchev–Trinajstić information content (AvgIpc) is 1.87. The Hall–Kier alpha value is -0.650. The van der Waals surface area contributed by atoms with Crippen molar-refractivity contribution in [3.8, 4) is 0 Å². The van der Waals surface area contributed by atoms with Gasteiger partial charge >= 0.3 is 5.97 Å². The van der Waals surface area contributed by atoms with Crippen LogP contribution >= 0.6 is 0 Å². The van der Waals surface area contributed by atoms with E-state index in [9.17, 15) is 4.79 Å². The molecule has 2 atom stereocenters. The second kappa shape index (κ2) is 5.06. The van der Waals surface area contributed by atoms with E-state index in [1.807, 2.05) is 0 Å². The molecule has 0 fully saturated rings. The largest absolute Gasteiger partial charge is 0.480 e. The van der Waals surface area contributed by atoms with Crippen molar-refractivity contribution >= 4 is 5.97 Å². The second-order valence-electron chi connectivity index (χ2n) is 2.30. The van der Waals surface area contributed by atoms with Crippen LogP contribution in [0, 0.1) is 0 Å². The predicted molar refractivity (Wildman–Crippen MR) is 40.2 cm³/mol. The minimum Gasteiger partial charge on any atom is -0.480 e. The highest BCUT2D eigenvalue weighted by atomic mass is 16.4. The van der Waals surface area contributed by atoms with Gasteiger partial charge in [0.05, 0.1) is 6.10 Å². The van der Waals surface area contributed by atoms with Crippen LogP contribution in [0.25, 0.3) is 0 Å². The van der Waals surface area contributed by atoms with Crippen LogP contribution in [0.2, 0.25) is 0 Å². The van der Waals surface area contributed by atoms with Crippen molar-refractivity contribution in [1.82, 2.24) is 5.32 Å². The first kappa shape index (κ1) is 10.3. The van der Waals surface area contributed by atoms with Crippen molar-refractivity contribution in [3.63, 3.8) is 0 Å². The fourth-order valence-corrected chi connectivity index (χ4v) is 0.703. The molecule has 0 amide bonds. The summed E-state index contributed by atoms with van der Waals surface area (Å²) in [5, 5.41) is 20.0. The van der Waals surface area contributed by atoms with Gasteiger partial charge in [-0.1, -0.05) is 0 Å². The van der Waals surface area contributed by atoms with E-state index >= 15 is 0 Å². The number of nitrogens with one attached hydrogen (secondary N) is 1.